The summed E-state index contributed by atoms with van der Waals surface area (Å²) in [5.74, 6) is -0.142. The van der Waals surface area contributed by atoms with Crippen molar-refractivity contribution in [3.63, 3.8) is 0 Å². The predicted octanol–water partition coefficient (Wildman–Crippen LogP) is 3.38. The van der Waals surface area contributed by atoms with Crippen LogP contribution in [0.3, 0.4) is 0 Å². The summed E-state index contributed by atoms with van der Waals surface area (Å²) in [4.78, 5) is 26.3. The molecular formula is C17H25ClN2O2. The van der Waals surface area contributed by atoms with E-state index in [1.165, 1.54) is 0 Å². The average Bonchev–Trinajstić information content (AvgIpc) is 2.53. The Hall–Kier alpha value is -1.55. The molecule has 4 nitrogen and oxygen atoms in total. The molecule has 0 radical (unpaired) electrons. The summed E-state index contributed by atoms with van der Waals surface area (Å²) in [5, 5.41) is 3.49. The summed E-state index contributed by atoms with van der Waals surface area (Å²) in [6.45, 7) is 6.69. The number of hydrogen-bond acceptors (Lipinski definition) is 2. The molecule has 5 heteroatoms. The van der Waals surface area contributed by atoms with Crippen LogP contribution >= 0.6 is 11.6 Å². The Morgan fingerprint density at radius 2 is 1.91 bits per heavy atom. The molecule has 0 aliphatic carbocycles. The van der Waals surface area contributed by atoms with Crippen molar-refractivity contribution in [2.75, 3.05) is 6.54 Å². The molecule has 122 valence electrons. The highest BCUT2D eigenvalue weighted by atomic mass is 35.5. The van der Waals surface area contributed by atoms with Crippen molar-refractivity contribution < 1.29 is 9.59 Å². The van der Waals surface area contributed by atoms with Gasteiger partial charge in [0.1, 0.15) is 6.04 Å². The third kappa shape index (κ3) is 5.02. The van der Waals surface area contributed by atoms with Crippen LogP contribution in [-0.2, 0) is 16.1 Å². The first kappa shape index (κ1) is 18.5. The SMILES string of the molecule is CCCNC(=O)[C@@H](CC)N(Cc1ccccc1Cl)C(=O)CC. The smallest absolute Gasteiger partial charge is 0.242 e. The Morgan fingerprint density at radius 3 is 2.45 bits per heavy atom. The molecule has 0 unspecified atom stereocenters. The second-order valence-electron chi connectivity index (χ2n) is 5.18. The molecule has 0 aliphatic rings. The molecule has 0 saturated carbocycles. The van der Waals surface area contributed by atoms with Crippen molar-refractivity contribution in [2.45, 2.75) is 52.6 Å². The molecule has 0 fully saturated rings. The molecule has 1 aromatic rings. The van der Waals surface area contributed by atoms with Crippen LogP contribution in [-0.4, -0.2) is 29.3 Å². The van der Waals surface area contributed by atoms with Gasteiger partial charge in [-0.1, -0.05) is 50.6 Å². The lowest BCUT2D eigenvalue weighted by atomic mass is 10.1. The minimum absolute atomic E-state index is 0.0431. The van der Waals surface area contributed by atoms with Crippen molar-refractivity contribution in [3.8, 4) is 0 Å². The number of nitrogens with one attached hydrogen (secondary N) is 1. The predicted molar refractivity (Wildman–Crippen MR) is 89.7 cm³/mol. The molecule has 1 atom stereocenters. The molecule has 0 spiro atoms. The maximum absolute atomic E-state index is 12.3. The number of halogens is 1. The fourth-order valence-corrected chi connectivity index (χ4v) is 2.49. The van der Waals surface area contributed by atoms with E-state index >= 15 is 0 Å². The van der Waals surface area contributed by atoms with Crippen molar-refractivity contribution in [1.29, 1.82) is 0 Å². The molecule has 0 aliphatic heterocycles. The highest BCUT2D eigenvalue weighted by molar-refractivity contribution is 6.31. The van der Waals surface area contributed by atoms with Gasteiger partial charge in [0, 0.05) is 24.5 Å². The number of carbonyl (C=O) groups excluding carboxylic acids is 2. The van der Waals surface area contributed by atoms with Crippen LogP contribution in [0.15, 0.2) is 24.3 Å². The van der Waals surface area contributed by atoms with Gasteiger partial charge in [-0.05, 0) is 24.5 Å². The standard InChI is InChI=1S/C17H25ClN2O2/c1-4-11-19-17(22)15(5-2)20(16(21)6-3)12-13-9-7-8-10-14(13)18/h7-10,15H,4-6,11-12H2,1-3H3,(H,19,22)/t15-/m1/s1. The summed E-state index contributed by atoms with van der Waals surface area (Å²) < 4.78 is 0. The third-order valence-corrected chi connectivity index (χ3v) is 3.90. The van der Waals surface area contributed by atoms with E-state index in [0.717, 1.165) is 12.0 Å². The van der Waals surface area contributed by atoms with E-state index in [4.69, 9.17) is 11.6 Å². The van der Waals surface area contributed by atoms with Gasteiger partial charge >= 0.3 is 0 Å². The van der Waals surface area contributed by atoms with Crippen LogP contribution in [0.5, 0.6) is 0 Å². The number of rotatable bonds is 8. The van der Waals surface area contributed by atoms with Gasteiger partial charge in [-0.25, -0.2) is 0 Å². The molecule has 1 rings (SSSR count). The molecule has 0 bridgehead atoms. The van der Waals surface area contributed by atoms with Crippen LogP contribution in [0.25, 0.3) is 0 Å². The Kier molecular flexibility index (Phi) is 7.96. The summed E-state index contributed by atoms with van der Waals surface area (Å²) in [7, 11) is 0. The molecule has 2 amide bonds. The normalized spacial score (nSPS) is 11.8. The van der Waals surface area contributed by atoms with Gasteiger partial charge in [0.15, 0.2) is 0 Å². The van der Waals surface area contributed by atoms with Crippen molar-refractivity contribution in [3.05, 3.63) is 34.9 Å². The molecule has 1 aromatic carbocycles. The first-order valence-electron chi connectivity index (χ1n) is 7.85. The highest BCUT2D eigenvalue weighted by Gasteiger charge is 2.27. The Morgan fingerprint density at radius 1 is 1.23 bits per heavy atom. The van der Waals surface area contributed by atoms with Gasteiger partial charge in [-0.3, -0.25) is 9.59 Å². The van der Waals surface area contributed by atoms with E-state index in [9.17, 15) is 9.59 Å². The lowest BCUT2D eigenvalue weighted by molar-refractivity contribution is -0.141. The van der Waals surface area contributed by atoms with E-state index in [0.29, 0.717) is 31.0 Å². The van der Waals surface area contributed by atoms with E-state index < -0.39 is 6.04 Å². The van der Waals surface area contributed by atoms with Gasteiger partial charge in [0.05, 0.1) is 0 Å². The van der Waals surface area contributed by atoms with Crippen molar-refractivity contribution >= 4 is 23.4 Å². The maximum atomic E-state index is 12.3. The first-order chi connectivity index (χ1) is 10.5. The zero-order chi connectivity index (χ0) is 16.5. The zero-order valence-electron chi connectivity index (χ0n) is 13.6. The highest BCUT2D eigenvalue weighted by Crippen LogP contribution is 2.20. The van der Waals surface area contributed by atoms with Crippen LogP contribution in [0.1, 0.15) is 45.6 Å². The van der Waals surface area contributed by atoms with Gasteiger partial charge in [0.2, 0.25) is 11.8 Å². The van der Waals surface area contributed by atoms with E-state index in [-0.39, 0.29) is 11.8 Å². The number of hydrogen-bond donors (Lipinski definition) is 1. The van der Waals surface area contributed by atoms with Crippen molar-refractivity contribution in [2.24, 2.45) is 0 Å². The number of amides is 2. The summed E-state index contributed by atoms with van der Waals surface area (Å²) in [5.41, 5.74) is 0.854. The molecule has 0 aromatic heterocycles. The van der Waals surface area contributed by atoms with Gasteiger partial charge in [-0.2, -0.15) is 0 Å². The van der Waals surface area contributed by atoms with E-state index in [2.05, 4.69) is 5.32 Å². The minimum Gasteiger partial charge on any atom is -0.354 e. The van der Waals surface area contributed by atoms with Crippen LogP contribution in [0.2, 0.25) is 5.02 Å². The second-order valence-corrected chi connectivity index (χ2v) is 5.59. The van der Waals surface area contributed by atoms with Crippen LogP contribution in [0, 0.1) is 0 Å². The maximum Gasteiger partial charge on any atom is 0.242 e. The number of nitrogens with zero attached hydrogens (tertiary/aromatic N) is 1. The summed E-state index contributed by atoms with van der Waals surface area (Å²) in [6.07, 6.45) is 1.81. The zero-order valence-corrected chi connectivity index (χ0v) is 14.3. The van der Waals surface area contributed by atoms with Gasteiger partial charge < -0.3 is 10.2 Å². The average molecular weight is 325 g/mol. The van der Waals surface area contributed by atoms with Crippen molar-refractivity contribution in [1.82, 2.24) is 10.2 Å². The van der Waals surface area contributed by atoms with Gasteiger partial charge in [-0.15, -0.1) is 0 Å². The molecular weight excluding hydrogens is 300 g/mol. The molecule has 0 saturated heterocycles. The monoisotopic (exact) mass is 324 g/mol. The summed E-state index contributed by atoms with van der Waals surface area (Å²) >= 11 is 6.19. The topological polar surface area (TPSA) is 49.4 Å². The number of carbonyl (C=O) groups is 2. The fraction of sp³-hybridized carbons (Fsp3) is 0.529. The largest absolute Gasteiger partial charge is 0.354 e. The van der Waals surface area contributed by atoms with Crippen LogP contribution < -0.4 is 5.32 Å². The van der Waals surface area contributed by atoms with Crippen LogP contribution in [0.4, 0.5) is 0 Å². The number of benzene rings is 1. The van der Waals surface area contributed by atoms with E-state index in [1.54, 1.807) is 17.9 Å². The minimum atomic E-state index is -0.463. The summed E-state index contributed by atoms with van der Waals surface area (Å²) in [6, 6.07) is 6.95. The lowest BCUT2D eigenvalue weighted by Crippen LogP contribution is -2.49. The second kappa shape index (κ2) is 9.46. The quantitative estimate of drug-likeness (QED) is 0.797. The molecule has 22 heavy (non-hydrogen) atoms. The molecule has 1 N–H and O–H groups in total. The first-order valence-corrected chi connectivity index (χ1v) is 8.23. The Labute approximate surface area is 137 Å². The fourth-order valence-electron chi connectivity index (χ4n) is 2.30. The van der Waals surface area contributed by atoms with Gasteiger partial charge in [0.25, 0.3) is 0 Å². The molecule has 0 heterocycles. The lowest BCUT2D eigenvalue weighted by Gasteiger charge is -2.30. The third-order valence-electron chi connectivity index (χ3n) is 3.54. The Balaban J connectivity index is 2.98. The Bertz CT molecular complexity index is 505. The van der Waals surface area contributed by atoms with E-state index in [1.807, 2.05) is 32.0 Å².